The van der Waals surface area contributed by atoms with Crippen LogP contribution in [0.2, 0.25) is 5.02 Å². The number of nitrogens with zero attached hydrogens (tertiary/aromatic N) is 2. The van der Waals surface area contributed by atoms with E-state index in [0.717, 1.165) is 5.56 Å². The van der Waals surface area contributed by atoms with E-state index in [9.17, 15) is 14.9 Å². The second-order valence-electron chi connectivity index (χ2n) is 5.22. The zero-order chi connectivity index (χ0) is 18.0. The number of nitro groups is 1. The number of carbonyl (C=O) groups is 1. The summed E-state index contributed by atoms with van der Waals surface area (Å²) in [6.07, 6.45) is 1.59. The van der Waals surface area contributed by atoms with Crippen LogP contribution in [0.25, 0.3) is 6.08 Å². The van der Waals surface area contributed by atoms with Crippen LogP contribution in [0, 0.1) is 10.1 Å². The zero-order valence-corrected chi connectivity index (χ0v) is 15.1. The first-order chi connectivity index (χ1) is 12.0. The molecule has 1 amide bonds. The van der Waals surface area contributed by atoms with E-state index in [-0.39, 0.29) is 16.6 Å². The van der Waals surface area contributed by atoms with Crippen molar-refractivity contribution in [2.45, 2.75) is 6.54 Å². The highest BCUT2D eigenvalue weighted by Gasteiger charge is 2.32. The van der Waals surface area contributed by atoms with Crippen molar-refractivity contribution >= 4 is 57.6 Å². The summed E-state index contributed by atoms with van der Waals surface area (Å²) in [5.41, 5.74) is 1.30. The number of rotatable bonds is 4. The number of carbonyl (C=O) groups excluding carboxylic acids is 1. The van der Waals surface area contributed by atoms with Crippen molar-refractivity contribution < 1.29 is 9.72 Å². The summed E-state index contributed by atoms with van der Waals surface area (Å²) in [5.74, 6) is -0.212. The number of halogens is 1. The van der Waals surface area contributed by atoms with Gasteiger partial charge in [0.25, 0.3) is 11.6 Å². The third-order valence-corrected chi connectivity index (χ3v) is 5.22. The zero-order valence-electron chi connectivity index (χ0n) is 12.7. The van der Waals surface area contributed by atoms with Gasteiger partial charge in [0.1, 0.15) is 9.34 Å². The molecular formula is C17H11ClN2O3S2. The first-order valence-electron chi connectivity index (χ1n) is 7.19. The van der Waals surface area contributed by atoms with Crippen LogP contribution in [-0.2, 0) is 11.3 Å². The first kappa shape index (κ1) is 17.6. The number of nitro benzene ring substituents is 1. The molecule has 0 aromatic heterocycles. The van der Waals surface area contributed by atoms with E-state index in [4.69, 9.17) is 23.8 Å². The van der Waals surface area contributed by atoms with Crippen molar-refractivity contribution in [1.82, 2.24) is 4.90 Å². The van der Waals surface area contributed by atoms with Crippen molar-refractivity contribution in [2.75, 3.05) is 0 Å². The molecule has 1 aliphatic rings. The summed E-state index contributed by atoms with van der Waals surface area (Å²) in [7, 11) is 0. The lowest BCUT2D eigenvalue weighted by atomic mass is 10.2. The largest absolute Gasteiger partial charge is 0.288 e. The van der Waals surface area contributed by atoms with E-state index in [1.165, 1.54) is 28.8 Å². The third kappa shape index (κ3) is 3.89. The molecule has 0 saturated carbocycles. The molecule has 126 valence electrons. The average molecular weight is 391 g/mol. The Balaban J connectivity index is 1.85. The Labute approximate surface area is 158 Å². The molecule has 0 N–H and O–H groups in total. The Morgan fingerprint density at radius 1 is 1.24 bits per heavy atom. The fourth-order valence-electron chi connectivity index (χ4n) is 2.31. The quantitative estimate of drug-likeness (QED) is 0.329. The van der Waals surface area contributed by atoms with Gasteiger partial charge < -0.3 is 0 Å². The predicted molar refractivity (Wildman–Crippen MR) is 103 cm³/mol. The van der Waals surface area contributed by atoms with Crippen LogP contribution in [0.4, 0.5) is 5.69 Å². The lowest BCUT2D eigenvalue weighted by Crippen LogP contribution is -2.27. The molecule has 1 saturated heterocycles. The summed E-state index contributed by atoms with van der Waals surface area (Å²) in [6, 6.07) is 13.9. The topological polar surface area (TPSA) is 63.4 Å². The maximum absolute atomic E-state index is 12.6. The first-order valence-corrected chi connectivity index (χ1v) is 8.79. The van der Waals surface area contributed by atoms with Gasteiger partial charge in [0.05, 0.1) is 16.4 Å². The number of benzene rings is 2. The lowest BCUT2D eigenvalue weighted by molar-refractivity contribution is -0.384. The van der Waals surface area contributed by atoms with Gasteiger partial charge in [-0.15, -0.1) is 0 Å². The van der Waals surface area contributed by atoms with E-state index < -0.39 is 4.92 Å². The van der Waals surface area contributed by atoms with Gasteiger partial charge in [-0.1, -0.05) is 72.0 Å². The minimum absolute atomic E-state index is 0.0544. The molecule has 2 aromatic carbocycles. The fourth-order valence-corrected chi connectivity index (χ4v) is 3.75. The molecule has 0 radical (unpaired) electrons. The minimum atomic E-state index is -0.555. The Hall–Kier alpha value is -2.22. The van der Waals surface area contributed by atoms with Gasteiger partial charge in [-0.05, 0) is 23.3 Å². The van der Waals surface area contributed by atoms with Crippen LogP contribution in [0.1, 0.15) is 11.1 Å². The number of hydrogen-bond acceptors (Lipinski definition) is 5. The molecule has 25 heavy (non-hydrogen) atoms. The summed E-state index contributed by atoms with van der Waals surface area (Å²) < 4.78 is 0.462. The van der Waals surface area contributed by atoms with E-state index >= 15 is 0 Å². The molecule has 1 heterocycles. The van der Waals surface area contributed by atoms with E-state index in [2.05, 4.69) is 0 Å². The number of thioether (sulfide) groups is 1. The van der Waals surface area contributed by atoms with Crippen molar-refractivity contribution in [3.05, 3.63) is 79.7 Å². The molecule has 0 spiro atoms. The van der Waals surface area contributed by atoms with Gasteiger partial charge in [0.15, 0.2) is 0 Å². The summed E-state index contributed by atoms with van der Waals surface area (Å²) in [4.78, 5) is 25.0. The monoisotopic (exact) mass is 390 g/mol. The molecule has 0 bridgehead atoms. The standard InChI is InChI=1S/C17H11ClN2O3S2/c18-13-7-6-12(8-14(13)20(22)23)9-15-16(21)19(17(24)25-15)10-11-4-2-1-3-5-11/h1-9H,10H2/b15-9+. The maximum Gasteiger partial charge on any atom is 0.288 e. The van der Waals surface area contributed by atoms with Gasteiger partial charge in [-0.2, -0.15) is 0 Å². The van der Waals surface area contributed by atoms with Gasteiger partial charge in [0, 0.05) is 6.07 Å². The fraction of sp³-hybridized carbons (Fsp3) is 0.0588. The van der Waals surface area contributed by atoms with Crippen LogP contribution in [0.5, 0.6) is 0 Å². The number of hydrogen-bond donors (Lipinski definition) is 0. The lowest BCUT2D eigenvalue weighted by Gasteiger charge is -2.14. The van der Waals surface area contributed by atoms with Gasteiger partial charge in [-0.3, -0.25) is 19.8 Å². The highest BCUT2D eigenvalue weighted by Crippen LogP contribution is 2.34. The Bertz CT molecular complexity index is 900. The number of thiocarbonyl (C=S) groups is 1. The van der Waals surface area contributed by atoms with Crippen LogP contribution in [0.3, 0.4) is 0 Å². The van der Waals surface area contributed by atoms with Crippen molar-refractivity contribution in [3.63, 3.8) is 0 Å². The molecule has 3 rings (SSSR count). The van der Waals surface area contributed by atoms with E-state index in [1.807, 2.05) is 30.3 Å². The Morgan fingerprint density at radius 3 is 2.64 bits per heavy atom. The summed E-state index contributed by atoms with van der Waals surface area (Å²) in [6.45, 7) is 0.392. The smallest absolute Gasteiger partial charge is 0.288 e. The third-order valence-electron chi connectivity index (χ3n) is 3.52. The van der Waals surface area contributed by atoms with E-state index in [1.54, 1.807) is 12.1 Å². The number of amides is 1. The molecule has 0 atom stereocenters. The molecule has 1 aliphatic heterocycles. The van der Waals surface area contributed by atoms with Gasteiger partial charge in [-0.25, -0.2) is 0 Å². The van der Waals surface area contributed by atoms with Crippen LogP contribution in [-0.4, -0.2) is 20.1 Å². The Morgan fingerprint density at radius 2 is 1.96 bits per heavy atom. The molecule has 2 aromatic rings. The van der Waals surface area contributed by atoms with Gasteiger partial charge >= 0.3 is 0 Å². The van der Waals surface area contributed by atoms with Gasteiger partial charge in [0.2, 0.25) is 0 Å². The Kier molecular flexibility index (Phi) is 5.17. The molecule has 1 fully saturated rings. The molecule has 0 unspecified atom stereocenters. The van der Waals surface area contributed by atoms with Crippen molar-refractivity contribution in [2.24, 2.45) is 0 Å². The molecule has 8 heteroatoms. The van der Waals surface area contributed by atoms with Crippen molar-refractivity contribution in [3.8, 4) is 0 Å². The SMILES string of the molecule is O=C1/C(=C\c2ccc(Cl)c([N+](=O)[O-])c2)SC(=S)N1Cc1ccccc1. The summed E-state index contributed by atoms with van der Waals surface area (Å²) in [5, 5.41) is 11.0. The molecular weight excluding hydrogens is 380 g/mol. The normalized spacial score (nSPS) is 15.9. The molecule has 0 aliphatic carbocycles. The van der Waals surface area contributed by atoms with Crippen molar-refractivity contribution in [1.29, 1.82) is 0 Å². The minimum Gasteiger partial charge on any atom is -0.288 e. The second kappa shape index (κ2) is 7.35. The van der Waals surface area contributed by atoms with Crippen LogP contribution >= 0.6 is 35.6 Å². The van der Waals surface area contributed by atoms with Crippen LogP contribution < -0.4 is 0 Å². The maximum atomic E-state index is 12.6. The highest BCUT2D eigenvalue weighted by molar-refractivity contribution is 8.26. The van der Waals surface area contributed by atoms with Crippen LogP contribution in [0.15, 0.2) is 53.4 Å². The highest BCUT2D eigenvalue weighted by atomic mass is 35.5. The van der Waals surface area contributed by atoms with E-state index in [0.29, 0.717) is 21.3 Å². The summed E-state index contributed by atoms with van der Waals surface area (Å²) >= 11 is 12.3. The second-order valence-corrected chi connectivity index (χ2v) is 7.30. The average Bonchev–Trinajstić information content (AvgIpc) is 2.85. The predicted octanol–water partition coefficient (Wildman–Crippen LogP) is 4.65. The molecule has 5 nitrogen and oxygen atoms in total.